The van der Waals surface area contributed by atoms with Crippen LogP contribution in [0.15, 0.2) is 16.6 Å². The predicted molar refractivity (Wildman–Crippen MR) is 55.2 cm³/mol. The molecule has 0 fully saturated rings. The van der Waals surface area contributed by atoms with Crippen molar-refractivity contribution < 1.29 is 18.3 Å². The van der Waals surface area contributed by atoms with Crippen molar-refractivity contribution in [3.8, 4) is 6.07 Å². The van der Waals surface area contributed by atoms with Gasteiger partial charge < -0.3 is 4.74 Å². The SMILES string of the molecule is COC(=O)c1c(C#N)cc(Br)cc1C(F)F. The molecule has 1 rings (SSSR count). The van der Waals surface area contributed by atoms with Crippen LogP contribution in [0.5, 0.6) is 0 Å². The van der Waals surface area contributed by atoms with Crippen molar-refractivity contribution in [1.29, 1.82) is 5.26 Å². The summed E-state index contributed by atoms with van der Waals surface area (Å²) >= 11 is 2.99. The van der Waals surface area contributed by atoms with Crippen LogP contribution in [0.4, 0.5) is 8.78 Å². The number of nitriles is 1. The summed E-state index contributed by atoms with van der Waals surface area (Å²) in [6.07, 6.45) is -2.85. The fraction of sp³-hybridized carbons (Fsp3) is 0.200. The Morgan fingerprint density at radius 2 is 2.19 bits per heavy atom. The van der Waals surface area contributed by atoms with Crippen molar-refractivity contribution >= 4 is 21.9 Å². The number of methoxy groups -OCH3 is 1. The normalized spacial score (nSPS) is 10.0. The fourth-order valence-corrected chi connectivity index (χ4v) is 1.69. The van der Waals surface area contributed by atoms with Crippen LogP contribution in [-0.4, -0.2) is 13.1 Å². The molecule has 84 valence electrons. The molecule has 0 aliphatic heterocycles. The van der Waals surface area contributed by atoms with Crippen LogP contribution in [0.25, 0.3) is 0 Å². The van der Waals surface area contributed by atoms with Crippen LogP contribution in [0.2, 0.25) is 0 Å². The van der Waals surface area contributed by atoms with Gasteiger partial charge in [0, 0.05) is 10.0 Å². The zero-order valence-electron chi connectivity index (χ0n) is 8.13. The lowest BCUT2D eigenvalue weighted by molar-refractivity contribution is 0.0589. The van der Waals surface area contributed by atoms with Gasteiger partial charge in [-0.2, -0.15) is 5.26 Å². The van der Waals surface area contributed by atoms with Gasteiger partial charge in [-0.1, -0.05) is 15.9 Å². The smallest absolute Gasteiger partial charge is 0.339 e. The molecule has 0 atom stereocenters. The van der Waals surface area contributed by atoms with Gasteiger partial charge >= 0.3 is 5.97 Å². The number of alkyl halides is 2. The van der Waals surface area contributed by atoms with Gasteiger partial charge in [-0.25, -0.2) is 13.6 Å². The third kappa shape index (κ3) is 2.36. The molecule has 0 radical (unpaired) electrons. The average molecular weight is 290 g/mol. The zero-order chi connectivity index (χ0) is 12.3. The Balaban J connectivity index is 3.53. The van der Waals surface area contributed by atoms with E-state index in [1.165, 1.54) is 6.07 Å². The number of ether oxygens (including phenoxy) is 1. The second-order valence-electron chi connectivity index (χ2n) is 2.82. The second-order valence-corrected chi connectivity index (χ2v) is 3.74. The van der Waals surface area contributed by atoms with E-state index in [0.29, 0.717) is 4.47 Å². The number of carbonyl (C=O) groups excluding carboxylic acids is 1. The summed E-state index contributed by atoms with van der Waals surface area (Å²) in [6, 6.07) is 4.07. The molecule has 1 aromatic rings. The lowest BCUT2D eigenvalue weighted by Gasteiger charge is -2.09. The van der Waals surface area contributed by atoms with Gasteiger partial charge in [0.05, 0.1) is 18.2 Å². The molecule has 0 heterocycles. The first kappa shape index (κ1) is 12.6. The number of esters is 1. The number of carbonyl (C=O) groups is 1. The Kier molecular flexibility index (Phi) is 3.96. The highest BCUT2D eigenvalue weighted by molar-refractivity contribution is 9.10. The monoisotopic (exact) mass is 289 g/mol. The van der Waals surface area contributed by atoms with Crippen molar-refractivity contribution in [3.63, 3.8) is 0 Å². The number of hydrogen-bond donors (Lipinski definition) is 0. The van der Waals surface area contributed by atoms with Gasteiger partial charge in [0.25, 0.3) is 6.43 Å². The molecule has 0 aliphatic carbocycles. The molecule has 0 aliphatic rings. The Bertz CT molecular complexity index is 469. The lowest BCUT2D eigenvalue weighted by Crippen LogP contribution is -2.09. The van der Waals surface area contributed by atoms with E-state index >= 15 is 0 Å². The van der Waals surface area contributed by atoms with Gasteiger partial charge in [-0.3, -0.25) is 0 Å². The summed E-state index contributed by atoms with van der Waals surface area (Å²) in [4.78, 5) is 11.3. The molecule has 0 N–H and O–H groups in total. The van der Waals surface area contributed by atoms with Crippen LogP contribution in [0.3, 0.4) is 0 Å². The highest BCUT2D eigenvalue weighted by Gasteiger charge is 2.23. The van der Waals surface area contributed by atoms with Crippen molar-refractivity contribution in [1.82, 2.24) is 0 Å². The molecule has 16 heavy (non-hydrogen) atoms. The standard InChI is InChI=1S/C10H6BrF2NO2/c1-16-10(15)8-5(4-14)2-6(11)3-7(8)9(12)13/h2-3,9H,1H3. The minimum absolute atomic E-state index is 0.142. The van der Waals surface area contributed by atoms with E-state index in [9.17, 15) is 13.6 Å². The van der Waals surface area contributed by atoms with Crippen LogP contribution in [0.1, 0.15) is 27.9 Å². The van der Waals surface area contributed by atoms with E-state index < -0.39 is 18.0 Å². The van der Waals surface area contributed by atoms with Crippen LogP contribution in [0, 0.1) is 11.3 Å². The van der Waals surface area contributed by atoms with E-state index in [-0.39, 0.29) is 11.1 Å². The quantitative estimate of drug-likeness (QED) is 0.786. The Morgan fingerprint density at radius 3 is 2.62 bits per heavy atom. The average Bonchev–Trinajstić information content (AvgIpc) is 2.26. The summed E-state index contributed by atoms with van der Waals surface area (Å²) < 4.78 is 30.0. The Labute approximate surface area is 98.8 Å². The summed E-state index contributed by atoms with van der Waals surface area (Å²) in [5.41, 5.74) is -1.04. The van der Waals surface area contributed by atoms with Gasteiger partial charge in [-0.05, 0) is 12.1 Å². The Morgan fingerprint density at radius 1 is 1.56 bits per heavy atom. The summed E-state index contributed by atoms with van der Waals surface area (Å²) in [6.45, 7) is 0. The van der Waals surface area contributed by atoms with Crippen molar-refractivity contribution in [2.75, 3.05) is 7.11 Å². The minimum Gasteiger partial charge on any atom is -0.465 e. The van der Waals surface area contributed by atoms with Crippen molar-refractivity contribution in [3.05, 3.63) is 33.3 Å². The number of nitrogens with zero attached hydrogens (tertiary/aromatic N) is 1. The molecular formula is C10H6BrF2NO2. The van der Waals surface area contributed by atoms with Crippen LogP contribution >= 0.6 is 15.9 Å². The Hall–Kier alpha value is -1.48. The summed E-state index contributed by atoms with van der Waals surface area (Å²) in [5, 5.41) is 8.77. The van der Waals surface area contributed by atoms with E-state index in [2.05, 4.69) is 20.7 Å². The van der Waals surface area contributed by atoms with Gasteiger partial charge in [0.1, 0.15) is 6.07 Å². The summed E-state index contributed by atoms with van der Waals surface area (Å²) in [7, 11) is 1.07. The minimum atomic E-state index is -2.85. The molecule has 0 aromatic heterocycles. The molecular weight excluding hydrogens is 284 g/mol. The van der Waals surface area contributed by atoms with Gasteiger partial charge in [-0.15, -0.1) is 0 Å². The molecule has 0 saturated heterocycles. The van der Waals surface area contributed by atoms with E-state index in [1.54, 1.807) is 6.07 Å². The molecule has 0 amide bonds. The van der Waals surface area contributed by atoms with E-state index in [4.69, 9.17) is 5.26 Å². The summed E-state index contributed by atoms with van der Waals surface area (Å²) in [5.74, 6) is -0.945. The van der Waals surface area contributed by atoms with Crippen LogP contribution in [-0.2, 0) is 4.74 Å². The second kappa shape index (κ2) is 5.03. The molecule has 0 spiro atoms. The maximum absolute atomic E-state index is 12.7. The lowest BCUT2D eigenvalue weighted by atomic mass is 10.0. The highest BCUT2D eigenvalue weighted by atomic mass is 79.9. The van der Waals surface area contributed by atoms with E-state index in [0.717, 1.165) is 13.2 Å². The molecule has 3 nitrogen and oxygen atoms in total. The fourth-order valence-electron chi connectivity index (χ4n) is 1.22. The molecule has 6 heteroatoms. The number of halogens is 3. The molecule has 0 bridgehead atoms. The van der Waals surface area contributed by atoms with Crippen LogP contribution < -0.4 is 0 Å². The third-order valence-electron chi connectivity index (χ3n) is 1.88. The number of benzene rings is 1. The molecule has 1 aromatic carbocycles. The first-order valence-corrected chi connectivity index (χ1v) is 4.90. The third-order valence-corrected chi connectivity index (χ3v) is 2.34. The highest BCUT2D eigenvalue weighted by Crippen LogP contribution is 2.29. The maximum atomic E-state index is 12.7. The largest absolute Gasteiger partial charge is 0.465 e. The number of hydrogen-bond acceptors (Lipinski definition) is 3. The van der Waals surface area contributed by atoms with Gasteiger partial charge in [0.2, 0.25) is 0 Å². The van der Waals surface area contributed by atoms with Crippen molar-refractivity contribution in [2.45, 2.75) is 6.43 Å². The first-order valence-electron chi connectivity index (χ1n) is 4.11. The van der Waals surface area contributed by atoms with E-state index in [1.807, 2.05) is 0 Å². The predicted octanol–water partition coefficient (Wildman–Crippen LogP) is 3.04. The maximum Gasteiger partial charge on any atom is 0.339 e. The van der Waals surface area contributed by atoms with Crippen molar-refractivity contribution in [2.24, 2.45) is 0 Å². The van der Waals surface area contributed by atoms with Gasteiger partial charge in [0.15, 0.2) is 0 Å². The first-order chi connectivity index (χ1) is 7.51. The topological polar surface area (TPSA) is 50.1 Å². The zero-order valence-corrected chi connectivity index (χ0v) is 9.72. The molecule has 0 unspecified atom stereocenters. The molecule has 0 saturated carbocycles. The number of rotatable bonds is 2.